The van der Waals surface area contributed by atoms with Crippen molar-refractivity contribution in [3.05, 3.63) is 93.7 Å². The molecule has 194 valence electrons. The average molecular weight is 570 g/mol. The third-order valence-electron chi connectivity index (χ3n) is 5.32. The van der Waals surface area contributed by atoms with Crippen LogP contribution in [0, 0.1) is 11.7 Å². The summed E-state index contributed by atoms with van der Waals surface area (Å²) in [5, 5.41) is 6.61. The topological polar surface area (TPSA) is 89.0 Å². The third kappa shape index (κ3) is 8.15. The Morgan fingerprint density at radius 2 is 1.76 bits per heavy atom. The standard InChI is InChI=1S/C28H29BrFN3O4/c1-4-36-25-15-20(11-14-24(25)37-17-19-9-12-21(29)13-10-19)16-31-33-28(35)26(18(2)3)32-27(34)22-7-5-6-8-23(22)30/h5-16,18,26H,4,17H2,1-3H3,(H,32,34)(H,33,35)/b31-16+. The number of nitrogens with zero attached hydrogens (tertiary/aromatic N) is 1. The van der Waals surface area contributed by atoms with E-state index in [4.69, 9.17) is 9.47 Å². The monoisotopic (exact) mass is 569 g/mol. The molecule has 37 heavy (non-hydrogen) atoms. The predicted octanol–water partition coefficient (Wildman–Crippen LogP) is 5.47. The molecule has 3 rings (SSSR count). The van der Waals surface area contributed by atoms with Crippen LogP contribution in [0.1, 0.15) is 42.3 Å². The minimum atomic E-state index is -0.905. The van der Waals surface area contributed by atoms with Crippen molar-refractivity contribution in [3.63, 3.8) is 0 Å². The highest BCUT2D eigenvalue weighted by Gasteiger charge is 2.25. The predicted molar refractivity (Wildman–Crippen MR) is 144 cm³/mol. The van der Waals surface area contributed by atoms with Gasteiger partial charge >= 0.3 is 0 Å². The van der Waals surface area contributed by atoms with E-state index >= 15 is 0 Å². The van der Waals surface area contributed by atoms with Gasteiger partial charge in [-0.3, -0.25) is 9.59 Å². The number of nitrogens with one attached hydrogen (secondary N) is 2. The quantitative estimate of drug-likeness (QED) is 0.237. The van der Waals surface area contributed by atoms with Crippen molar-refractivity contribution in [2.45, 2.75) is 33.4 Å². The van der Waals surface area contributed by atoms with Crippen molar-refractivity contribution in [1.82, 2.24) is 10.7 Å². The molecule has 0 saturated heterocycles. The molecule has 3 aromatic carbocycles. The van der Waals surface area contributed by atoms with Crippen LogP contribution in [0.25, 0.3) is 0 Å². The van der Waals surface area contributed by atoms with E-state index in [9.17, 15) is 14.0 Å². The number of rotatable bonds is 11. The van der Waals surface area contributed by atoms with E-state index in [2.05, 4.69) is 31.8 Å². The second-order valence-corrected chi connectivity index (χ2v) is 9.38. The summed E-state index contributed by atoms with van der Waals surface area (Å²) in [5.41, 5.74) is 4.01. The molecule has 9 heteroatoms. The van der Waals surface area contributed by atoms with Gasteiger partial charge in [-0.2, -0.15) is 5.10 Å². The smallest absolute Gasteiger partial charge is 0.262 e. The van der Waals surface area contributed by atoms with E-state index in [0.717, 1.165) is 10.0 Å². The molecule has 1 unspecified atom stereocenters. The first-order chi connectivity index (χ1) is 17.8. The van der Waals surface area contributed by atoms with Crippen LogP contribution in [-0.4, -0.2) is 30.7 Å². The number of carbonyl (C=O) groups excluding carboxylic acids is 2. The number of hydrazone groups is 1. The lowest BCUT2D eigenvalue weighted by molar-refractivity contribution is -0.123. The highest BCUT2D eigenvalue weighted by atomic mass is 79.9. The third-order valence-corrected chi connectivity index (χ3v) is 5.85. The molecule has 0 aliphatic rings. The molecule has 0 fully saturated rings. The van der Waals surface area contributed by atoms with Gasteiger partial charge in [0.05, 0.1) is 18.4 Å². The van der Waals surface area contributed by atoms with Gasteiger partial charge in [0.25, 0.3) is 11.8 Å². The molecule has 0 bridgehead atoms. The number of halogens is 2. The zero-order valence-electron chi connectivity index (χ0n) is 20.8. The van der Waals surface area contributed by atoms with Crippen molar-refractivity contribution >= 4 is 34.0 Å². The van der Waals surface area contributed by atoms with Gasteiger partial charge in [-0.15, -0.1) is 0 Å². The van der Waals surface area contributed by atoms with E-state index in [-0.39, 0.29) is 11.5 Å². The van der Waals surface area contributed by atoms with Gasteiger partial charge in [-0.25, -0.2) is 9.82 Å². The largest absolute Gasteiger partial charge is 0.490 e. The Labute approximate surface area is 224 Å². The molecule has 0 aliphatic carbocycles. The maximum atomic E-state index is 13.9. The van der Waals surface area contributed by atoms with Crippen molar-refractivity contribution < 1.29 is 23.5 Å². The van der Waals surface area contributed by atoms with Crippen LogP contribution in [-0.2, 0) is 11.4 Å². The molecule has 0 radical (unpaired) electrons. The summed E-state index contributed by atoms with van der Waals surface area (Å²) >= 11 is 3.42. The van der Waals surface area contributed by atoms with Crippen LogP contribution < -0.4 is 20.2 Å². The first-order valence-corrected chi connectivity index (χ1v) is 12.6. The summed E-state index contributed by atoms with van der Waals surface area (Å²) in [4.78, 5) is 25.2. The number of carbonyl (C=O) groups is 2. The lowest BCUT2D eigenvalue weighted by Crippen LogP contribution is -2.48. The summed E-state index contributed by atoms with van der Waals surface area (Å²) in [7, 11) is 0. The average Bonchev–Trinajstić information content (AvgIpc) is 2.87. The van der Waals surface area contributed by atoms with Gasteiger partial charge in [0, 0.05) is 4.47 Å². The first kappa shape index (κ1) is 27.9. The minimum absolute atomic E-state index is 0.129. The molecule has 0 saturated carbocycles. The van der Waals surface area contributed by atoms with Crippen LogP contribution in [0.4, 0.5) is 4.39 Å². The van der Waals surface area contributed by atoms with Gasteiger partial charge in [0.2, 0.25) is 0 Å². The van der Waals surface area contributed by atoms with Crippen LogP contribution in [0.3, 0.4) is 0 Å². The Hall–Kier alpha value is -3.72. The Bertz CT molecular complexity index is 1250. The second kappa shape index (κ2) is 13.5. The van der Waals surface area contributed by atoms with Crippen molar-refractivity contribution in [2.24, 2.45) is 11.0 Å². The van der Waals surface area contributed by atoms with Crippen LogP contribution >= 0.6 is 15.9 Å². The Morgan fingerprint density at radius 3 is 2.43 bits per heavy atom. The van der Waals surface area contributed by atoms with E-state index in [1.54, 1.807) is 38.1 Å². The Kier molecular flexibility index (Phi) is 10.2. The molecule has 2 N–H and O–H groups in total. The Balaban J connectivity index is 1.64. The van der Waals surface area contributed by atoms with E-state index < -0.39 is 23.7 Å². The molecular weight excluding hydrogens is 541 g/mol. The molecule has 0 spiro atoms. The van der Waals surface area contributed by atoms with E-state index in [0.29, 0.717) is 30.3 Å². The number of ether oxygens (including phenoxy) is 2. The number of benzene rings is 3. The molecule has 0 aliphatic heterocycles. The fraction of sp³-hybridized carbons (Fsp3) is 0.250. The number of hydrogen-bond donors (Lipinski definition) is 2. The number of hydrogen-bond acceptors (Lipinski definition) is 5. The maximum Gasteiger partial charge on any atom is 0.262 e. The molecule has 3 aromatic rings. The SMILES string of the molecule is CCOc1cc(/C=N/NC(=O)C(NC(=O)c2ccccc2F)C(C)C)ccc1OCc1ccc(Br)cc1. The van der Waals surface area contributed by atoms with E-state index in [1.165, 1.54) is 24.4 Å². The van der Waals surface area contributed by atoms with Crippen LogP contribution in [0.5, 0.6) is 11.5 Å². The Morgan fingerprint density at radius 1 is 1.03 bits per heavy atom. The summed E-state index contributed by atoms with van der Waals surface area (Å²) in [6, 6.07) is 17.9. The van der Waals surface area contributed by atoms with Gasteiger partial charge < -0.3 is 14.8 Å². The van der Waals surface area contributed by atoms with Crippen molar-refractivity contribution in [3.8, 4) is 11.5 Å². The van der Waals surface area contributed by atoms with E-state index in [1.807, 2.05) is 31.2 Å². The summed E-state index contributed by atoms with van der Waals surface area (Å²) in [6.45, 7) is 6.25. The van der Waals surface area contributed by atoms with Crippen molar-refractivity contribution in [2.75, 3.05) is 6.61 Å². The van der Waals surface area contributed by atoms with Gasteiger partial charge in [0.1, 0.15) is 18.5 Å². The van der Waals surface area contributed by atoms with Crippen LogP contribution in [0.2, 0.25) is 0 Å². The van der Waals surface area contributed by atoms with Gasteiger partial charge in [-0.1, -0.05) is 54.0 Å². The maximum absolute atomic E-state index is 13.9. The van der Waals surface area contributed by atoms with Gasteiger partial charge in [-0.05, 0) is 66.4 Å². The molecule has 2 amide bonds. The molecule has 1 atom stereocenters. The molecule has 0 aromatic heterocycles. The molecular formula is C28H29BrFN3O4. The second-order valence-electron chi connectivity index (χ2n) is 8.46. The highest BCUT2D eigenvalue weighted by molar-refractivity contribution is 9.10. The summed E-state index contributed by atoms with van der Waals surface area (Å²) in [5.74, 6) is -0.965. The van der Waals surface area contributed by atoms with Gasteiger partial charge in [0.15, 0.2) is 11.5 Å². The first-order valence-electron chi connectivity index (χ1n) is 11.8. The lowest BCUT2D eigenvalue weighted by atomic mass is 10.0. The fourth-order valence-corrected chi connectivity index (χ4v) is 3.64. The molecule has 0 heterocycles. The summed E-state index contributed by atoms with van der Waals surface area (Å²) < 4.78 is 26.6. The fourth-order valence-electron chi connectivity index (χ4n) is 3.37. The minimum Gasteiger partial charge on any atom is -0.490 e. The zero-order chi connectivity index (χ0) is 26.8. The lowest BCUT2D eigenvalue weighted by Gasteiger charge is -2.20. The van der Waals surface area contributed by atoms with Crippen molar-refractivity contribution in [1.29, 1.82) is 0 Å². The zero-order valence-corrected chi connectivity index (χ0v) is 22.4. The number of amides is 2. The normalized spacial score (nSPS) is 11.8. The van der Waals surface area contributed by atoms with Crippen LogP contribution in [0.15, 0.2) is 76.3 Å². The summed E-state index contributed by atoms with van der Waals surface area (Å²) in [6.07, 6.45) is 1.47. The highest BCUT2D eigenvalue weighted by Crippen LogP contribution is 2.29. The molecule has 7 nitrogen and oxygen atoms in total.